The minimum atomic E-state index is -0.197. The molecule has 1 heterocycles. The fraction of sp³-hybridized carbons (Fsp3) is 0.429. The van der Waals surface area contributed by atoms with Crippen LogP contribution in [0.1, 0.15) is 62.6 Å². The van der Waals surface area contributed by atoms with Gasteiger partial charge >= 0.3 is 0 Å². The summed E-state index contributed by atoms with van der Waals surface area (Å²) in [6, 6.07) is 6.23. The molecule has 2 N–H and O–H groups in total. The molecule has 0 aliphatic rings. The quantitative estimate of drug-likeness (QED) is 0.794. The second kappa shape index (κ2) is 7.36. The van der Waals surface area contributed by atoms with E-state index < -0.39 is 0 Å². The average molecular weight is 341 g/mol. The molecule has 4 heteroatoms. The molecule has 0 amide bonds. The van der Waals surface area contributed by atoms with E-state index in [0.29, 0.717) is 11.3 Å². The number of aromatic nitrogens is 1. The van der Waals surface area contributed by atoms with Crippen molar-refractivity contribution in [2.75, 3.05) is 7.05 Å². The van der Waals surface area contributed by atoms with Crippen LogP contribution in [0.15, 0.2) is 18.2 Å². The maximum absolute atomic E-state index is 13.0. The smallest absolute Gasteiger partial charge is 0.235 e. The summed E-state index contributed by atoms with van der Waals surface area (Å²) in [6.07, 6.45) is 0. The highest BCUT2D eigenvalue weighted by Crippen LogP contribution is 2.19. The van der Waals surface area contributed by atoms with Crippen LogP contribution >= 0.6 is 0 Å². The van der Waals surface area contributed by atoms with Gasteiger partial charge < -0.3 is 9.88 Å². The van der Waals surface area contributed by atoms with Crippen LogP contribution in [0.25, 0.3) is 0 Å². The normalized spacial score (nSPS) is 13.6. The van der Waals surface area contributed by atoms with Crippen molar-refractivity contribution in [2.24, 2.45) is 0 Å². The molecule has 0 saturated heterocycles. The van der Waals surface area contributed by atoms with Gasteiger partial charge in [0, 0.05) is 16.8 Å². The first-order chi connectivity index (χ1) is 11.6. The summed E-state index contributed by atoms with van der Waals surface area (Å²) < 4.78 is 0. The Balaban J connectivity index is 2.22. The molecular weight excluding hydrogens is 312 g/mol. The van der Waals surface area contributed by atoms with E-state index in [2.05, 4.69) is 37.0 Å². The highest BCUT2D eigenvalue weighted by atomic mass is 16.1. The van der Waals surface area contributed by atoms with Crippen LogP contribution in [0.2, 0.25) is 0 Å². The van der Waals surface area contributed by atoms with E-state index in [-0.39, 0.29) is 17.6 Å². The van der Waals surface area contributed by atoms with Gasteiger partial charge in [0.1, 0.15) is 6.54 Å². The minimum Gasteiger partial charge on any atom is -0.355 e. The molecule has 1 aromatic carbocycles. The number of likely N-dealkylation sites (N-methyl/N-ethyl adjacent to an activating group) is 1. The van der Waals surface area contributed by atoms with Gasteiger partial charge in [-0.15, -0.1) is 0 Å². The number of hydrogen-bond donors (Lipinski definition) is 2. The van der Waals surface area contributed by atoms with E-state index in [1.165, 1.54) is 16.7 Å². The predicted octanol–water partition coefficient (Wildman–Crippen LogP) is 2.74. The van der Waals surface area contributed by atoms with Crippen molar-refractivity contribution in [3.63, 3.8) is 0 Å². The lowest BCUT2D eigenvalue weighted by Gasteiger charge is -2.21. The number of ketones is 2. The number of benzene rings is 1. The van der Waals surface area contributed by atoms with Gasteiger partial charge in [0.05, 0.1) is 12.7 Å². The Labute approximate surface area is 150 Å². The molecule has 0 aliphatic carbocycles. The van der Waals surface area contributed by atoms with Crippen LogP contribution in [0.4, 0.5) is 0 Å². The first-order valence-corrected chi connectivity index (χ1v) is 8.76. The fourth-order valence-corrected chi connectivity index (χ4v) is 3.46. The molecule has 1 aromatic heterocycles. The molecule has 134 valence electrons. The van der Waals surface area contributed by atoms with Crippen LogP contribution in [0.3, 0.4) is 0 Å². The van der Waals surface area contributed by atoms with Gasteiger partial charge in [-0.25, -0.2) is 0 Å². The van der Waals surface area contributed by atoms with Crippen molar-refractivity contribution in [3.05, 3.63) is 57.4 Å². The summed E-state index contributed by atoms with van der Waals surface area (Å²) >= 11 is 0. The molecule has 0 radical (unpaired) electrons. The summed E-state index contributed by atoms with van der Waals surface area (Å²) in [5, 5.41) is 0. The Bertz CT molecular complexity index is 818. The highest BCUT2D eigenvalue weighted by Gasteiger charge is 2.28. The molecule has 4 nitrogen and oxygen atoms in total. The Hall–Kier alpha value is -2.20. The summed E-state index contributed by atoms with van der Waals surface area (Å²) in [5.74, 6) is 0.0456. The summed E-state index contributed by atoms with van der Waals surface area (Å²) in [6.45, 7) is 12.2. The number of carbonyl (C=O) groups excluding carboxylic acids is 2. The van der Waals surface area contributed by atoms with E-state index in [1.807, 2.05) is 27.8 Å². The van der Waals surface area contributed by atoms with Crippen molar-refractivity contribution >= 4 is 11.6 Å². The molecule has 0 aliphatic heterocycles. The molecule has 0 saturated carbocycles. The van der Waals surface area contributed by atoms with Gasteiger partial charge in [0.15, 0.2) is 11.8 Å². The van der Waals surface area contributed by atoms with E-state index >= 15 is 0 Å². The monoisotopic (exact) mass is 341 g/mol. The lowest BCUT2D eigenvalue weighted by molar-refractivity contribution is -0.907. The van der Waals surface area contributed by atoms with Crippen molar-refractivity contribution < 1.29 is 14.5 Å². The molecular formula is C21H29N2O2+. The third kappa shape index (κ3) is 3.90. The number of carbonyl (C=O) groups is 2. The van der Waals surface area contributed by atoms with Crippen LogP contribution in [0.5, 0.6) is 0 Å². The Kier molecular flexibility index (Phi) is 5.63. The first kappa shape index (κ1) is 19.1. The van der Waals surface area contributed by atoms with Gasteiger partial charge in [-0.1, -0.05) is 23.8 Å². The molecule has 2 aromatic rings. The number of aryl methyl sites for hydroxylation is 3. The SMILES string of the molecule is CC(=O)c1c(C)[nH]c(C(=O)[C@@H](C)[NH+](C)Cc2ccc(C)cc2C)c1C. The fourth-order valence-electron chi connectivity index (χ4n) is 3.46. The van der Waals surface area contributed by atoms with Crippen molar-refractivity contribution in [1.82, 2.24) is 4.98 Å². The summed E-state index contributed by atoms with van der Waals surface area (Å²) in [7, 11) is 2.04. The Morgan fingerprint density at radius 3 is 2.32 bits per heavy atom. The van der Waals surface area contributed by atoms with Crippen molar-refractivity contribution in [1.29, 1.82) is 0 Å². The molecule has 0 fully saturated rings. The van der Waals surface area contributed by atoms with Crippen LogP contribution in [0, 0.1) is 27.7 Å². The second-order valence-electron chi connectivity index (χ2n) is 7.22. The largest absolute Gasteiger partial charge is 0.355 e. The molecule has 25 heavy (non-hydrogen) atoms. The zero-order valence-corrected chi connectivity index (χ0v) is 16.3. The van der Waals surface area contributed by atoms with Gasteiger partial charge in [0.25, 0.3) is 0 Å². The van der Waals surface area contributed by atoms with E-state index in [4.69, 9.17) is 0 Å². The lowest BCUT2D eigenvalue weighted by Crippen LogP contribution is -3.12. The minimum absolute atomic E-state index is 0.00562. The third-order valence-electron chi connectivity index (χ3n) is 5.14. The number of rotatable bonds is 6. The van der Waals surface area contributed by atoms with Crippen LogP contribution < -0.4 is 4.90 Å². The Morgan fingerprint density at radius 2 is 1.80 bits per heavy atom. The molecule has 2 rings (SSSR count). The highest BCUT2D eigenvalue weighted by molar-refractivity contribution is 6.04. The van der Waals surface area contributed by atoms with Crippen LogP contribution in [-0.4, -0.2) is 29.6 Å². The predicted molar refractivity (Wildman–Crippen MR) is 101 cm³/mol. The maximum atomic E-state index is 13.0. The van der Waals surface area contributed by atoms with Crippen LogP contribution in [-0.2, 0) is 6.54 Å². The zero-order valence-electron chi connectivity index (χ0n) is 16.3. The lowest BCUT2D eigenvalue weighted by atomic mass is 10.0. The van der Waals surface area contributed by atoms with Gasteiger partial charge in [-0.2, -0.15) is 0 Å². The Morgan fingerprint density at radius 1 is 1.16 bits per heavy atom. The average Bonchev–Trinajstić information content (AvgIpc) is 2.83. The van der Waals surface area contributed by atoms with Gasteiger partial charge in [-0.3, -0.25) is 9.59 Å². The molecule has 1 unspecified atom stereocenters. The first-order valence-electron chi connectivity index (χ1n) is 8.76. The standard InChI is InChI=1S/C21H28N2O2/c1-12-8-9-18(13(2)10-12)11-23(7)16(5)21(25)20-14(3)19(17(6)24)15(4)22-20/h8-10,16,22H,11H2,1-7H3/p+1/t16-/m1/s1. The molecule has 0 bridgehead atoms. The topological polar surface area (TPSA) is 54.4 Å². The van der Waals surface area contributed by atoms with E-state index in [9.17, 15) is 9.59 Å². The maximum Gasteiger partial charge on any atom is 0.235 e. The molecule has 2 atom stereocenters. The zero-order chi connectivity index (χ0) is 18.9. The molecule has 0 spiro atoms. The van der Waals surface area contributed by atoms with E-state index in [1.54, 1.807) is 6.92 Å². The number of aromatic amines is 1. The number of H-pyrrole nitrogens is 1. The second-order valence-corrected chi connectivity index (χ2v) is 7.22. The van der Waals surface area contributed by atoms with Gasteiger partial charge in [-0.05, 0) is 52.7 Å². The van der Waals surface area contributed by atoms with E-state index in [0.717, 1.165) is 22.7 Å². The van der Waals surface area contributed by atoms with Gasteiger partial charge in [0.2, 0.25) is 5.78 Å². The third-order valence-corrected chi connectivity index (χ3v) is 5.14. The summed E-state index contributed by atoms with van der Waals surface area (Å²) in [4.78, 5) is 29.0. The number of hydrogen-bond acceptors (Lipinski definition) is 2. The number of Topliss-reactive ketones (excluding diaryl/α,β-unsaturated/α-hetero) is 2. The van der Waals surface area contributed by atoms with Crippen molar-refractivity contribution in [3.8, 4) is 0 Å². The summed E-state index contributed by atoms with van der Waals surface area (Å²) in [5.41, 5.74) is 6.50. The number of nitrogens with one attached hydrogen (secondary N) is 2. The number of quaternary nitrogens is 1. The van der Waals surface area contributed by atoms with Crippen molar-refractivity contribution in [2.45, 2.75) is 54.1 Å².